The van der Waals surface area contributed by atoms with Gasteiger partial charge in [-0.05, 0) is 49.4 Å². The number of carboxylic acid groups (broad SMARTS) is 1. The number of carboxylic acids is 1. The summed E-state index contributed by atoms with van der Waals surface area (Å²) in [6.07, 6.45) is -0.945. The Kier molecular flexibility index (Phi) is 6.55. The van der Waals surface area contributed by atoms with Gasteiger partial charge in [0, 0.05) is 11.1 Å². The molecule has 0 spiro atoms. The maximum Gasteiger partial charge on any atom is 0.344 e. The lowest BCUT2D eigenvalue weighted by atomic mass is 10.0. The lowest BCUT2D eigenvalue weighted by Gasteiger charge is -2.11. The Morgan fingerprint density at radius 3 is 2.36 bits per heavy atom. The number of hydrogen-bond acceptors (Lipinski definition) is 6. The van der Waals surface area contributed by atoms with E-state index >= 15 is 0 Å². The number of hydrogen-bond donors (Lipinski definition) is 1. The predicted octanol–water partition coefficient (Wildman–Crippen LogP) is 4.22. The van der Waals surface area contributed by atoms with E-state index in [0.29, 0.717) is 29.2 Å². The van der Waals surface area contributed by atoms with E-state index in [2.05, 4.69) is 0 Å². The van der Waals surface area contributed by atoms with E-state index in [1.54, 1.807) is 59.2 Å². The van der Waals surface area contributed by atoms with Crippen LogP contribution in [0.25, 0.3) is 10.2 Å². The third kappa shape index (κ3) is 5.12. The Bertz CT molecular complexity index is 1340. The summed E-state index contributed by atoms with van der Waals surface area (Å²) in [6.45, 7) is 2.07. The third-order valence-corrected chi connectivity index (χ3v) is 5.98. The minimum absolute atomic E-state index is 0.0848. The van der Waals surface area contributed by atoms with Crippen LogP contribution in [0.5, 0.6) is 11.5 Å². The number of ether oxygens (including phenoxy) is 2. The summed E-state index contributed by atoms with van der Waals surface area (Å²) in [5.41, 5.74) is 1.90. The molecule has 1 heterocycles. The molecule has 0 fully saturated rings. The highest BCUT2D eigenvalue weighted by Crippen LogP contribution is 2.22. The van der Waals surface area contributed by atoms with Crippen LogP contribution in [-0.4, -0.2) is 34.1 Å². The fourth-order valence-corrected chi connectivity index (χ4v) is 4.26. The van der Waals surface area contributed by atoms with Crippen molar-refractivity contribution < 1.29 is 24.2 Å². The molecule has 1 atom stereocenters. The van der Waals surface area contributed by atoms with E-state index < -0.39 is 12.1 Å². The van der Waals surface area contributed by atoms with Gasteiger partial charge in [0.25, 0.3) is 0 Å². The molecule has 0 aliphatic heterocycles. The molecule has 3 aromatic carbocycles. The number of benzene rings is 3. The lowest BCUT2D eigenvalue weighted by molar-refractivity contribution is -0.144. The number of aliphatic carboxylic acids is 1. The molecule has 4 rings (SSSR count). The molecular formula is C25H21NO6S. The molecule has 33 heavy (non-hydrogen) atoms. The van der Waals surface area contributed by atoms with E-state index in [9.17, 15) is 14.4 Å². The van der Waals surface area contributed by atoms with Gasteiger partial charge in [0.15, 0.2) is 11.9 Å². The van der Waals surface area contributed by atoms with Crippen LogP contribution in [0.3, 0.4) is 0 Å². The number of fused-ring (bicyclic) bond motifs is 1. The zero-order chi connectivity index (χ0) is 23.4. The van der Waals surface area contributed by atoms with Crippen molar-refractivity contribution in [1.82, 2.24) is 4.57 Å². The first-order chi connectivity index (χ1) is 15.9. The fraction of sp³-hybridized carbons (Fsp3) is 0.160. The van der Waals surface area contributed by atoms with Crippen LogP contribution in [-0.2, 0) is 11.3 Å². The van der Waals surface area contributed by atoms with Crippen LogP contribution in [0.15, 0.2) is 77.6 Å². The molecule has 0 bridgehead atoms. The molecule has 0 amide bonds. The van der Waals surface area contributed by atoms with Gasteiger partial charge >= 0.3 is 10.8 Å². The monoisotopic (exact) mass is 463 g/mol. The number of ketones is 1. The molecule has 168 valence electrons. The van der Waals surface area contributed by atoms with E-state index in [4.69, 9.17) is 14.6 Å². The first-order valence-corrected chi connectivity index (χ1v) is 11.1. The van der Waals surface area contributed by atoms with Crippen molar-refractivity contribution in [3.05, 3.63) is 93.6 Å². The average Bonchev–Trinajstić information content (AvgIpc) is 3.14. The molecule has 0 aliphatic carbocycles. The lowest BCUT2D eigenvalue weighted by Crippen LogP contribution is -2.22. The van der Waals surface area contributed by atoms with Crippen molar-refractivity contribution in [2.75, 3.05) is 6.61 Å². The van der Waals surface area contributed by atoms with E-state index in [1.807, 2.05) is 18.2 Å². The number of aromatic nitrogens is 1. The summed E-state index contributed by atoms with van der Waals surface area (Å²) in [5, 5.41) is 8.90. The van der Waals surface area contributed by atoms with E-state index in [0.717, 1.165) is 21.6 Å². The molecule has 1 aromatic heterocycles. The normalized spacial score (nSPS) is 11.8. The Labute approximate surface area is 193 Å². The summed E-state index contributed by atoms with van der Waals surface area (Å²) in [4.78, 5) is 35.9. The van der Waals surface area contributed by atoms with Gasteiger partial charge in [-0.15, -0.1) is 0 Å². The second-order valence-corrected chi connectivity index (χ2v) is 8.31. The quantitative estimate of drug-likeness (QED) is 0.374. The van der Waals surface area contributed by atoms with Crippen LogP contribution < -0.4 is 14.3 Å². The average molecular weight is 464 g/mol. The number of carbonyl (C=O) groups excluding carboxylic acids is 1. The van der Waals surface area contributed by atoms with Crippen LogP contribution in [0.2, 0.25) is 0 Å². The van der Waals surface area contributed by atoms with Crippen molar-refractivity contribution in [2.45, 2.75) is 19.6 Å². The summed E-state index contributed by atoms with van der Waals surface area (Å²) in [7, 11) is 0. The summed E-state index contributed by atoms with van der Waals surface area (Å²) >= 11 is 1.10. The van der Waals surface area contributed by atoms with Gasteiger partial charge in [-0.1, -0.05) is 41.7 Å². The molecular weight excluding hydrogens is 442 g/mol. The first-order valence-electron chi connectivity index (χ1n) is 10.3. The molecule has 8 heteroatoms. The highest BCUT2D eigenvalue weighted by molar-refractivity contribution is 7.16. The number of carbonyl (C=O) groups is 2. The molecule has 0 aliphatic rings. The van der Waals surface area contributed by atoms with Gasteiger partial charge in [-0.3, -0.25) is 14.2 Å². The smallest absolute Gasteiger partial charge is 0.344 e. The second kappa shape index (κ2) is 9.70. The van der Waals surface area contributed by atoms with Gasteiger partial charge in [-0.2, -0.15) is 0 Å². The Balaban J connectivity index is 1.42. The molecule has 0 radical (unpaired) electrons. The molecule has 1 N–H and O–H groups in total. The van der Waals surface area contributed by atoms with Gasteiger partial charge < -0.3 is 14.6 Å². The number of rotatable bonds is 9. The van der Waals surface area contributed by atoms with Crippen LogP contribution >= 0.6 is 11.3 Å². The standard InChI is InChI=1S/C25H21NO6S/c1-16(24(28)29)32-20-10-8-19(9-11-20)31-14-13-26-21-12-7-18(15-22(21)33-25(26)30)23(27)17-5-3-2-4-6-17/h2-12,15-16H,13-14H2,1H3,(H,28,29). The van der Waals surface area contributed by atoms with E-state index in [-0.39, 0.29) is 17.3 Å². The third-order valence-electron chi connectivity index (χ3n) is 5.03. The largest absolute Gasteiger partial charge is 0.492 e. The number of thiazole rings is 1. The highest BCUT2D eigenvalue weighted by atomic mass is 32.1. The Morgan fingerprint density at radius 2 is 1.67 bits per heavy atom. The van der Waals surface area contributed by atoms with Crippen LogP contribution in [0, 0.1) is 0 Å². The first kappa shape index (κ1) is 22.3. The maximum atomic E-state index is 12.7. The van der Waals surface area contributed by atoms with E-state index in [1.165, 1.54) is 6.92 Å². The second-order valence-electron chi connectivity index (χ2n) is 7.32. The zero-order valence-electron chi connectivity index (χ0n) is 17.8. The molecule has 1 unspecified atom stereocenters. The Morgan fingerprint density at radius 1 is 0.970 bits per heavy atom. The Hall–Kier alpha value is -3.91. The minimum atomic E-state index is -1.04. The van der Waals surface area contributed by atoms with Crippen molar-refractivity contribution in [2.24, 2.45) is 0 Å². The highest BCUT2D eigenvalue weighted by Gasteiger charge is 2.14. The summed E-state index contributed by atoms with van der Waals surface area (Å²) in [6, 6.07) is 20.9. The minimum Gasteiger partial charge on any atom is -0.492 e. The van der Waals surface area contributed by atoms with Crippen LogP contribution in [0.4, 0.5) is 0 Å². The van der Waals surface area contributed by atoms with Crippen molar-refractivity contribution in [1.29, 1.82) is 0 Å². The topological polar surface area (TPSA) is 94.8 Å². The van der Waals surface area contributed by atoms with Gasteiger partial charge in [0.2, 0.25) is 0 Å². The molecule has 7 nitrogen and oxygen atoms in total. The molecule has 4 aromatic rings. The van der Waals surface area contributed by atoms with Crippen LogP contribution in [0.1, 0.15) is 22.8 Å². The maximum absolute atomic E-state index is 12.7. The van der Waals surface area contributed by atoms with Gasteiger partial charge in [-0.25, -0.2) is 4.79 Å². The summed E-state index contributed by atoms with van der Waals surface area (Å²) < 4.78 is 13.4. The summed E-state index contributed by atoms with van der Waals surface area (Å²) in [5.74, 6) is -0.120. The molecule has 0 saturated heterocycles. The SMILES string of the molecule is CC(Oc1ccc(OCCn2c(=O)sc3cc(C(=O)c4ccccc4)ccc32)cc1)C(=O)O. The molecule has 0 saturated carbocycles. The fourth-order valence-electron chi connectivity index (χ4n) is 3.30. The van der Waals surface area contributed by atoms with Crippen molar-refractivity contribution in [3.8, 4) is 11.5 Å². The zero-order valence-corrected chi connectivity index (χ0v) is 18.6. The van der Waals surface area contributed by atoms with Gasteiger partial charge in [0.05, 0.1) is 16.8 Å². The number of nitrogens with zero attached hydrogens (tertiary/aromatic N) is 1. The van der Waals surface area contributed by atoms with Crippen molar-refractivity contribution >= 4 is 33.3 Å². The predicted molar refractivity (Wildman–Crippen MR) is 126 cm³/mol. The van der Waals surface area contributed by atoms with Gasteiger partial charge in [0.1, 0.15) is 18.1 Å². The van der Waals surface area contributed by atoms with Crippen molar-refractivity contribution in [3.63, 3.8) is 0 Å².